The molecule has 3 aromatic rings. The van der Waals surface area contributed by atoms with Crippen molar-refractivity contribution >= 4 is 38.6 Å². The lowest BCUT2D eigenvalue weighted by atomic mass is 10.1. The number of nitrogens with zero attached hydrogens (tertiary/aromatic N) is 2. The van der Waals surface area contributed by atoms with Crippen LogP contribution < -0.4 is 10.1 Å². The van der Waals surface area contributed by atoms with Crippen LogP contribution in [0.5, 0.6) is 5.88 Å². The first-order chi connectivity index (χ1) is 12.5. The first kappa shape index (κ1) is 18.3. The van der Waals surface area contributed by atoms with Crippen molar-refractivity contribution in [1.82, 2.24) is 9.97 Å². The van der Waals surface area contributed by atoms with Gasteiger partial charge in [-0.3, -0.25) is 4.79 Å². The average Bonchev–Trinajstić information content (AvgIpc) is 2.62. The van der Waals surface area contributed by atoms with Crippen molar-refractivity contribution in [2.75, 3.05) is 11.9 Å². The second kappa shape index (κ2) is 7.83. The molecule has 0 spiro atoms. The number of aromatic nitrogens is 2. The Labute approximate surface area is 160 Å². The van der Waals surface area contributed by atoms with Gasteiger partial charge in [0.1, 0.15) is 0 Å². The van der Waals surface area contributed by atoms with E-state index in [0.29, 0.717) is 17.8 Å². The van der Waals surface area contributed by atoms with Gasteiger partial charge >= 0.3 is 0 Å². The van der Waals surface area contributed by atoms with Crippen molar-refractivity contribution in [1.29, 1.82) is 0 Å². The number of carbonyl (C=O) groups is 1. The fraction of sp³-hybridized carbons (Fsp3) is 0.250. The molecular formula is C20H20BrN3O2. The molecular weight excluding hydrogens is 394 g/mol. The molecule has 1 aromatic heterocycles. The number of carbonyl (C=O) groups excluding carboxylic acids is 1. The number of benzene rings is 2. The van der Waals surface area contributed by atoms with E-state index in [4.69, 9.17) is 4.74 Å². The van der Waals surface area contributed by atoms with Crippen molar-refractivity contribution < 1.29 is 9.53 Å². The Balaban J connectivity index is 2.01. The second-order valence-corrected chi connectivity index (χ2v) is 7.03. The van der Waals surface area contributed by atoms with Crippen molar-refractivity contribution in [2.45, 2.75) is 27.2 Å². The van der Waals surface area contributed by atoms with E-state index in [1.54, 1.807) is 0 Å². The van der Waals surface area contributed by atoms with Gasteiger partial charge in [-0.05, 0) is 67.8 Å². The summed E-state index contributed by atoms with van der Waals surface area (Å²) < 4.78 is 6.64. The normalized spacial score (nSPS) is 10.8. The Kier molecular flexibility index (Phi) is 5.52. The molecule has 0 aliphatic carbocycles. The van der Waals surface area contributed by atoms with E-state index in [9.17, 15) is 4.79 Å². The van der Waals surface area contributed by atoms with Gasteiger partial charge in [0.25, 0.3) is 5.91 Å². The molecule has 0 aliphatic heterocycles. The smallest absolute Gasteiger partial charge is 0.279 e. The molecule has 1 heterocycles. The lowest BCUT2D eigenvalue weighted by Crippen LogP contribution is -2.17. The van der Waals surface area contributed by atoms with Gasteiger partial charge in [-0.1, -0.05) is 22.9 Å². The van der Waals surface area contributed by atoms with Crippen molar-refractivity contribution in [3.63, 3.8) is 0 Å². The van der Waals surface area contributed by atoms with Crippen LogP contribution in [-0.4, -0.2) is 22.5 Å². The highest BCUT2D eigenvalue weighted by Gasteiger charge is 2.18. The fourth-order valence-electron chi connectivity index (χ4n) is 2.47. The third-order valence-corrected chi connectivity index (χ3v) is 4.54. The van der Waals surface area contributed by atoms with E-state index in [-0.39, 0.29) is 17.5 Å². The molecule has 5 nitrogen and oxygen atoms in total. The molecule has 1 amide bonds. The number of amides is 1. The molecule has 0 saturated carbocycles. The standard InChI is InChI=1S/C20H20BrN3O2/c1-4-9-26-20-18(19(25)22-15-7-5-14(21)6-8-15)23-16-10-12(2)13(3)11-17(16)24-20/h5-8,10-11H,4,9H2,1-3H3,(H,22,25). The van der Waals surface area contributed by atoms with Crippen molar-refractivity contribution in [3.8, 4) is 5.88 Å². The molecule has 3 rings (SSSR count). The average molecular weight is 414 g/mol. The first-order valence-corrected chi connectivity index (χ1v) is 9.26. The monoisotopic (exact) mass is 413 g/mol. The number of hydrogen-bond donors (Lipinski definition) is 1. The molecule has 2 aromatic carbocycles. The van der Waals surface area contributed by atoms with E-state index in [2.05, 4.69) is 31.2 Å². The summed E-state index contributed by atoms with van der Waals surface area (Å²) in [7, 11) is 0. The quantitative estimate of drug-likeness (QED) is 0.635. The van der Waals surface area contributed by atoms with Gasteiger partial charge in [0, 0.05) is 10.2 Å². The van der Waals surface area contributed by atoms with E-state index in [0.717, 1.165) is 27.5 Å². The molecule has 26 heavy (non-hydrogen) atoms. The van der Waals surface area contributed by atoms with Crippen LogP contribution in [-0.2, 0) is 0 Å². The maximum Gasteiger partial charge on any atom is 0.279 e. The van der Waals surface area contributed by atoms with Crippen LogP contribution in [0.3, 0.4) is 0 Å². The van der Waals surface area contributed by atoms with Gasteiger partial charge in [-0.2, -0.15) is 0 Å². The lowest BCUT2D eigenvalue weighted by Gasteiger charge is -2.12. The number of nitrogens with one attached hydrogen (secondary N) is 1. The number of halogens is 1. The molecule has 0 bridgehead atoms. The Morgan fingerprint density at radius 1 is 1.08 bits per heavy atom. The van der Waals surface area contributed by atoms with E-state index in [1.165, 1.54) is 0 Å². The SMILES string of the molecule is CCCOc1nc2cc(C)c(C)cc2nc1C(=O)Nc1ccc(Br)cc1. The van der Waals surface area contributed by atoms with Crippen LogP contribution in [0.25, 0.3) is 11.0 Å². The minimum absolute atomic E-state index is 0.192. The summed E-state index contributed by atoms with van der Waals surface area (Å²) in [5, 5.41) is 2.85. The number of hydrogen-bond acceptors (Lipinski definition) is 4. The highest BCUT2D eigenvalue weighted by atomic mass is 79.9. The Morgan fingerprint density at radius 3 is 2.31 bits per heavy atom. The molecule has 0 saturated heterocycles. The zero-order valence-corrected chi connectivity index (χ0v) is 16.6. The Bertz CT molecular complexity index is 955. The number of aryl methyl sites for hydroxylation is 2. The topological polar surface area (TPSA) is 64.1 Å². The van der Waals surface area contributed by atoms with Crippen LogP contribution in [0.2, 0.25) is 0 Å². The summed E-state index contributed by atoms with van der Waals surface area (Å²) in [5.74, 6) is -0.0803. The first-order valence-electron chi connectivity index (χ1n) is 8.46. The lowest BCUT2D eigenvalue weighted by molar-refractivity contribution is 0.101. The Hall–Kier alpha value is -2.47. The minimum Gasteiger partial charge on any atom is -0.476 e. The van der Waals surface area contributed by atoms with Gasteiger partial charge < -0.3 is 10.1 Å². The van der Waals surface area contributed by atoms with Crippen molar-refractivity contribution in [2.24, 2.45) is 0 Å². The zero-order chi connectivity index (χ0) is 18.7. The fourth-order valence-corrected chi connectivity index (χ4v) is 2.73. The highest BCUT2D eigenvalue weighted by Crippen LogP contribution is 2.23. The number of rotatable bonds is 5. The maximum atomic E-state index is 12.8. The zero-order valence-electron chi connectivity index (χ0n) is 15.0. The van der Waals surface area contributed by atoms with Crippen molar-refractivity contribution in [3.05, 3.63) is 57.7 Å². The van der Waals surface area contributed by atoms with Crippen LogP contribution in [0.15, 0.2) is 40.9 Å². The van der Waals surface area contributed by atoms with Crippen LogP contribution in [0.4, 0.5) is 5.69 Å². The number of fused-ring (bicyclic) bond motifs is 1. The summed E-state index contributed by atoms with van der Waals surface area (Å²) in [6.07, 6.45) is 0.820. The van der Waals surface area contributed by atoms with Gasteiger partial charge in [-0.15, -0.1) is 0 Å². The molecule has 1 N–H and O–H groups in total. The van der Waals surface area contributed by atoms with E-state index >= 15 is 0 Å². The third kappa shape index (κ3) is 4.02. The predicted molar refractivity (Wildman–Crippen MR) is 107 cm³/mol. The summed E-state index contributed by atoms with van der Waals surface area (Å²) in [6, 6.07) is 11.3. The molecule has 0 fully saturated rings. The molecule has 0 radical (unpaired) electrons. The molecule has 0 aliphatic rings. The molecule has 0 atom stereocenters. The maximum absolute atomic E-state index is 12.8. The third-order valence-electron chi connectivity index (χ3n) is 4.01. The largest absolute Gasteiger partial charge is 0.476 e. The van der Waals surface area contributed by atoms with E-state index in [1.807, 2.05) is 57.2 Å². The van der Waals surface area contributed by atoms with Gasteiger partial charge in [-0.25, -0.2) is 9.97 Å². The summed E-state index contributed by atoms with van der Waals surface area (Å²) in [5.41, 5.74) is 4.50. The molecule has 6 heteroatoms. The van der Waals surface area contributed by atoms with Crippen LogP contribution in [0, 0.1) is 13.8 Å². The summed E-state index contributed by atoms with van der Waals surface area (Å²) in [4.78, 5) is 21.8. The predicted octanol–water partition coefficient (Wildman–Crippen LogP) is 5.05. The number of ether oxygens (including phenoxy) is 1. The van der Waals surface area contributed by atoms with Crippen LogP contribution >= 0.6 is 15.9 Å². The summed E-state index contributed by atoms with van der Waals surface area (Å²) in [6.45, 7) is 6.52. The highest BCUT2D eigenvalue weighted by molar-refractivity contribution is 9.10. The molecule has 134 valence electrons. The van der Waals surface area contributed by atoms with Gasteiger partial charge in [0.15, 0.2) is 5.69 Å². The minimum atomic E-state index is -0.342. The summed E-state index contributed by atoms with van der Waals surface area (Å²) >= 11 is 3.38. The van der Waals surface area contributed by atoms with E-state index < -0.39 is 0 Å². The van der Waals surface area contributed by atoms with Gasteiger partial charge in [0.2, 0.25) is 5.88 Å². The van der Waals surface area contributed by atoms with Crippen LogP contribution in [0.1, 0.15) is 35.0 Å². The second-order valence-electron chi connectivity index (χ2n) is 6.11. The Morgan fingerprint density at radius 2 is 1.69 bits per heavy atom. The number of anilines is 1. The molecule has 0 unspecified atom stereocenters. The van der Waals surface area contributed by atoms with Gasteiger partial charge in [0.05, 0.1) is 17.6 Å².